The number of nitrogens with zero attached hydrogens (tertiary/aromatic N) is 7. The van der Waals surface area contributed by atoms with Gasteiger partial charge in [-0.25, -0.2) is 17.7 Å². The summed E-state index contributed by atoms with van der Waals surface area (Å²) in [7, 11) is -8.82. The predicted molar refractivity (Wildman–Crippen MR) is 346 cm³/mol. The summed E-state index contributed by atoms with van der Waals surface area (Å²) in [5, 5.41) is 20.0. The fourth-order valence-electron chi connectivity index (χ4n) is 21.1. The minimum absolute atomic E-state index is 0.00444. The van der Waals surface area contributed by atoms with Gasteiger partial charge in [0, 0.05) is 46.0 Å². The van der Waals surface area contributed by atoms with Crippen molar-refractivity contribution in [1.29, 1.82) is 0 Å². The fraction of sp³-hybridized carbons (Fsp3) is 0.739. The zero-order valence-electron chi connectivity index (χ0n) is 54.7. The molecule has 500 valence electrons. The third-order valence-electron chi connectivity index (χ3n) is 26.0. The van der Waals surface area contributed by atoms with Gasteiger partial charge in [0.15, 0.2) is 0 Å². The average Bonchev–Trinajstić information content (AvgIpc) is 1.70. The normalized spacial score (nSPS) is 33.5. The van der Waals surface area contributed by atoms with Gasteiger partial charge in [0.2, 0.25) is 0 Å². The first-order valence-electron chi connectivity index (χ1n) is 34.4. The molecule has 7 aliphatic carbocycles. The van der Waals surface area contributed by atoms with Gasteiger partial charge in [-0.3, -0.25) is 18.7 Å². The zero-order chi connectivity index (χ0) is 64.4. The SMILES string of the molecule is CC([C@H](C)CCCOS(=O)(=O)O)C1(C)CCC2[C@@H](CC[C@@H]3C[C@H](OC(=O)Cn4cc(-c5ccc6c7ccc(-c8cn(CC(=O)O[C@@H]9CCC%10(C)C%11CCC%12(C)C([C@H](C)CCCOS(=O)(=O)O)CC[C@H]%12[C@@H]%11CC[C@@H]%10C9)nn8)cc7n(CCN)c6c5)nn4)CCC23C)C1. The van der Waals surface area contributed by atoms with E-state index in [-0.39, 0.29) is 72.1 Å². The van der Waals surface area contributed by atoms with Crippen molar-refractivity contribution >= 4 is 54.5 Å². The molecule has 0 amide bonds. The maximum Gasteiger partial charge on any atom is 0.397 e. The lowest BCUT2D eigenvalue weighted by Gasteiger charge is -2.61. The third-order valence-corrected chi connectivity index (χ3v) is 26.9. The molecule has 0 aliphatic heterocycles. The largest absolute Gasteiger partial charge is 0.461 e. The summed E-state index contributed by atoms with van der Waals surface area (Å²) in [6, 6.07) is 12.5. The second-order valence-corrected chi connectivity index (χ2v) is 32.9. The summed E-state index contributed by atoms with van der Waals surface area (Å²) >= 11 is 0. The van der Waals surface area contributed by atoms with Gasteiger partial charge in [0.1, 0.15) is 36.7 Å². The molecule has 0 saturated heterocycles. The Labute approximate surface area is 538 Å². The molecule has 20 nitrogen and oxygen atoms in total. The number of fused-ring (bicyclic) bond motifs is 11. The zero-order valence-corrected chi connectivity index (χ0v) is 56.4. The Morgan fingerprint density at radius 2 is 1.15 bits per heavy atom. The number of esters is 2. The molecule has 2 aromatic carbocycles. The van der Waals surface area contributed by atoms with Crippen molar-refractivity contribution in [2.45, 2.75) is 215 Å². The first-order valence-corrected chi connectivity index (χ1v) is 37.2. The van der Waals surface area contributed by atoms with E-state index >= 15 is 0 Å². The van der Waals surface area contributed by atoms with Crippen LogP contribution >= 0.6 is 0 Å². The van der Waals surface area contributed by atoms with Gasteiger partial charge in [-0.15, -0.1) is 10.2 Å². The van der Waals surface area contributed by atoms with Crippen molar-refractivity contribution in [3.05, 3.63) is 48.8 Å². The standard InChI is InChI=1S/C69H100N8O12S2/c1-43(10-8-32-86-90(80,81)82)45(3)66(4)26-24-57-48(38-66)12-15-49-36-51(22-27-67(49,57)5)88-64(78)41-75-39-60(71-73-75)46-13-17-53-54-18-14-47(35-63(54)77(31-30-70)62(53)34-46)61-40-76(74-72-61)42-65(79)89-52-23-28-68(6)50(37-52)16-19-55-58-21-20-56(69(58,7)29-25-59(55)68)44(2)11-9-33-87-91(83,84)85/h13-14,17-18,34-35,39-40,43-45,48-52,55-59H,8-12,15-16,19-33,36-38,41-42,70H2,1-7H3,(H,80,81,82)(H,83,84,85)/t43-,44-,45?,48+,49-,50-,51-,52-,55+,56?,57?,58+,59?,66?,67?,68?,69?/m1/s1. The van der Waals surface area contributed by atoms with Crippen LogP contribution in [0.4, 0.5) is 0 Å². The smallest absolute Gasteiger partial charge is 0.397 e. The molecule has 0 bridgehead atoms. The molecule has 0 radical (unpaired) electrons. The molecule has 0 spiro atoms. The number of ether oxygens (including phenoxy) is 2. The van der Waals surface area contributed by atoms with E-state index in [1.807, 2.05) is 24.5 Å². The highest BCUT2D eigenvalue weighted by molar-refractivity contribution is 7.81. The molecule has 7 saturated carbocycles. The van der Waals surface area contributed by atoms with E-state index in [2.05, 4.69) is 106 Å². The second-order valence-electron chi connectivity index (χ2n) is 30.7. The van der Waals surface area contributed by atoms with E-state index in [0.717, 1.165) is 90.7 Å². The Bertz CT molecular complexity index is 3680. The lowest BCUT2D eigenvalue weighted by Crippen LogP contribution is -2.54. The van der Waals surface area contributed by atoms with Crippen LogP contribution in [0.5, 0.6) is 0 Å². The Hall–Kier alpha value is -4.84. The van der Waals surface area contributed by atoms with Gasteiger partial charge in [-0.1, -0.05) is 83.2 Å². The van der Waals surface area contributed by atoms with E-state index in [1.165, 1.54) is 64.2 Å². The molecule has 3 heterocycles. The summed E-state index contributed by atoms with van der Waals surface area (Å²) in [6.07, 6.45) is 25.2. The van der Waals surface area contributed by atoms with Crippen LogP contribution in [0.1, 0.15) is 183 Å². The summed E-state index contributed by atoms with van der Waals surface area (Å²) in [5.74, 6) is 5.78. The first kappa shape index (κ1) is 66.2. The van der Waals surface area contributed by atoms with Crippen molar-refractivity contribution in [3.8, 4) is 22.5 Å². The number of rotatable bonds is 23. The van der Waals surface area contributed by atoms with Crippen molar-refractivity contribution in [2.24, 2.45) is 92.5 Å². The van der Waals surface area contributed by atoms with Crippen LogP contribution in [0.15, 0.2) is 48.8 Å². The fourth-order valence-corrected chi connectivity index (χ4v) is 21.7. The first-order chi connectivity index (χ1) is 43.2. The van der Waals surface area contributed by atoms with Crippen LogP contribution in [0.25, 0.3) is 44.3 Å². The lowest BCUT2D eigenvalue weighted by atomic mass is 9.44. The van der Waals surface area contributed by atoms with Crippen LogP contribution in [-0.4, -0.2) is 104 Å². The number of aromatic nitrogens is 7. The quantitative estimate of drug-likeness (QED) is 0.0311. The minimum atomic E-state index is -4.41. The van der Waals surface area contributed by atoms with Crippen molar-refractivity contribution in [3.63, 3.8) is 0 Å². The summed E-state index contributed by atoms with van der Waals surface area (Å²) < 4.78 is 89.3. The topological polar surface area (TPSA) is 272 Å². The summed E-state index contributed by atoms with van der Waals surface area (Å²) in [5.41, 5.74) is 12.2. The summed E-state index contributed by atoms with van der Waals surface area (Å²) in [6.45, 7) is 17.9. The van der Waals surface area contributed by atoms with Gasteiger partial charge in [-0.2, -0.15) is 16.8 Å². The molecule has 7 aliphatic rings. The molecule has 91 heavy (non-hydrogen) atoms. The van der Waals surface area contributed by atoms with Crippen LogP contribution in [0.2, 0.25) is 0 Å². The maximum atomic E-state index is 13.6. The molecule has 22 heteroatoms. The number of carbonyl (C=O) groups is 2. The second kappa shape index (κ2) is 26.1. The van der Waals surface area contributed by atoms with Crippen LogP contribution in [-0.2, 0) is 67.9 Å². The maximum absolute atomic E-state index is 13.6. The van der Waals surface area contributed by atoms with Crippen LogP contribution < -0.4 is 5.73 Å². The molecule has 12 rings (SSSR count). The minimum Gasteiger partial charge on any atom is -0.461 e. The molecule has 5 aromatic rings. The van der Waals surface area contributed by atoms with E-state index < -0.39 is 20.8 Å². The van der Waals surface area contributed by atoms with E-state index in [1.54, 1.807) is 9.36 Å². The van der Waals surface area contributed by atoms with Gasteiger partial charge < -0.3 is 19.8 Å². The molecule has 17 atom stereocenters. The number of hydrogen-bond donors (Lipinski definition) is 3. The number of carbonyl (C=O) groups excluding carboxylic acids is 2. The monoisotopic (exact) mass is 1300 g/mol. The van der Waals surface area contributed by atoms with Gasteiger partial charge in [0.05, 0.1) is 25.6 Å². The van der Waals surface area contributed by atoms with Crippen LogP contribution in [0.3, 0.4) is 0 Å². The highest BCUT2D eigenvalue weighted by Gasteiger charge is 2.61. The highest BCUT2D eigenvalue weighted by atomic mass is 32.3. The Morgan fingerprint density at radius 3 is 1.71 bits per heavy atom. The number of benzene rings is 2. The van der Waals surface area contributed by atoms with Gasteiger partial charge in [-0.05, 0) is 234 Å². The molecular formula is C69H100N8O12S2. The molecule has 8 unspecified atom stereocenters. The van der Waals surface area contributed by atoms with E-state index in [0.29, 0.717) is 102 Å². The van der Waals surface area contributed by atoms with Gasteiger partial charge >= 0.3 is 32.7 Å². The molecule has 7 fully saturated rings. The van der Waals surface area contributed by atoms with Crippen molar-refractivity contribution < 1.29 is 53.4 Å². The molecular weight excluding hydrogens is 1200 g/mol. The molecule has 4 N–H and O–H groups in total. The summed E-state index contributed by atoms with van der Waals surface area (Å²) in [4.78, 5) is 27.3. The Kier molecular flexibility index (Phi) is 18.9. The average molecular weight is 1300 g/mol. The number of nitrogens with two attached hydrogens (primary N) is 1. The Morgan fingerprint density at radius 1 is 0.637 bits per heavy atom. The van der Waals surface area contributed by atoms with Crippen molar-refractivity contribution in [1.82, 2.24) is 34.6 Å². The van der Waals surface area contributed by atoms with E-state index in [4.69, 9.17) is 24.3 Å². The van der Waals surface area contributed by atoms with Crippen LogP contribution in [0, 0.1) is 86.8 Å². The lowest BCUT2D eigenvalue weighted by molar-refractivity contribution is -0.163. The van der Waals surface area contributed by atoms with Crippen molar-refractivity contribution in [2.75, 3.05) is 19.8 Å². The highest BCUT2D eigenvalue weighted by Crippen LogP contribution is 2.69. The predicted octanol–water partition coefficient (Wildman–Crippen LogP) is 12.9. The molecule has 3 aromatic heterocycles. The van der Waals surface area contributed by atoms with Gasteiger partial charge in [0.25, 0.3) is 0 Å². The third kappa shape index (κ3) is 13.6. The Balaban J connectivity index is 0.622. The number of hydrogen-bond acceptors (Lipinski definition) is 15. The van der Waals surface area contributed by atoms with E-state index in [9.17, 15) is 26.4 Å².